The minimum Gasteiger partial charge on any atom is -0.539 e. The van der Waals surface area contributed by atoms with E-state index in [0.29, 0.717) is 0 Å². The molecule has 0 unspecified atom stereocenters. The van der Waals surface area contributed by atoms with Gasteiger partial charge in [-0.1, -0.05) is 0 Å². The van der Waals surface area contributed by atoms with Crippen LogP contribution < -0.4 is 14.9 Å². The summed E-state index contributed by atoms with van der Waals surface area (Å²) in [6, 6.07) is 0. The fourth-order valence-corrected chi connectivity index (χ4v) is 2.00. The zero-order chi connectivity index (χ0) is 8.39. The normalized spacial score (nSPS) is 18.2. The SMILES string of the molecule is [O-]c1c[n+](N2CCSCC2)no1. The summed E-state index contributed by atoms with van der Waals surface area (Å²) >= 11 is 1.91. The fourth-order valence-electron chi connectivity index (χ4n) is 1.12. The smallest absolute Gasteiger partial charge is 0.255 e. The molecule has 1 fully saturated rings. The van der Waals surface area contributed by atoms with Gasteiger partial charge in [-0.3, -0.25) is 0 Å². The fraction of sp³-hybridized carbons (Fsp3) is 0.667. The van der Waals surface area contributed by atoms with Gasteiger partial charge in [-0.05, 0) is 0 Å². The van der Waals surface area contributed by atoms with Crippen LogP contribution in [0.3, 0.4) is 0 Å². The molecule has 0 radical (unpaired) electrons. The second kappa shape index (κ2) is 3.22. The minimum atomic E-state index is -0.395. The van der Waals surface area contributed by atoms with Crippen molar-refractivity contribution in [1.29, 1.82) is 0 Å². The molecule has 0 amide bonds. The predicted molar refractivity (Wildman–Crippen MR) is 41.4 cm³/mol. The molecule has 6 heteroatoms. The Kier molecular flexibility index (Phi) is 2.07. The van der Waals surface area contributed by atoms with Crippen molar-refractivity contribution in [3.63, 3.8) is 0 Å². The maximum atomic E-state index is 10.7. The molecule has 0 saturated carbocycles. The number of rotatable bonds is 1. The molecule has 1 aliphatic rings. The van der Waals surface area contributed by atoms with Crippen LogP contribution in [0.1, 0.15) is 0 Å². The molecule has 0 atom stereocenters. The average Bonchev–Trinajstić information content (AvgIpc) is 2.54. The van der Waals surface area contributed by atoms with E-state index in [2.05, 4.69) is 9.79 Å². The van der Waals surface area contributed by atoms with E-state index in [9.17, 15) is 5.11 Å². The van der Waals surface area contributed by atoms with Gasteiger partial charge in [0.05, 0.1) is 13.1 Å². The van der Waals surface area contributed by atoms with Crippen LogP contribution in [0.15, 0.2) is 10.7 Å². The first-order chi connectivity index (χ1) is 5.86. The van der Waals surface area contributed by atoms with Crippen molar-refractivity contribution in [1.82, 2.24) is 5.27 Å². The van der Waals surface area contributed by atoms with Crippen molar-refractivity contribution in [3.05, 3.63) is 6.20 Å². The summed E-state index contributed by atoms with van der Waals surface area (Å²) in [4.78, 5) is 1.49. The maximum Gasteiger partial charge on any atom is 0.255 e. The van der Waals surface area contributed by atoms with Crippen LogP contribution in [0.4, 0.5) is 0 Å². The van der Waals surface area contributed by atoms with E-state index in [1.807, 2.05) is 16.8 Å². The van der Waals surface area contributed by atoms with Crippen molar-refractivity contribution in [3.8, 4) is 5.95 Å². The Hall–Kier alpha value is -0.910. The molecule has 2 heterocycles. The Morgan fingerprint density at radius 3 is 2.92 bits per heavy atom. The summed E-state index contributed by atoms with van der Waals surface area (Å²) in [5, 5.41) is 16.2. The summed E-state index contributed by atoms with van der Waals surface area (Å²) in [5.41, 5.74) is 0. The standard InChI is InChI=1S/C6H9N3O2S/c10-6-5-9(7-11-6)8-1-3-12-4-2-8/h5H,1-4H2. The van der Waals surface area contributed by atoms with Gasteiger partial charge in [0.25, 0.3) is 6.20 Å². The molecule has 5 nitrogen and oxygen atoms in total. The van der Waals surface area contributed by atoms with Crippen molar-refractivity contribution in [2.45, 2.75) is 0 Å². The lowest BCUT2D eigenvalue weighted by Gasteiger charge is -2.18. The monoisotopic (exact) mass is 187 g/mol. The molecule has 0 aromatic carbocycles. The van der Waals surface area contributed by atoms with Crippen LogP contribution in [0.2, 0.25) is 0 Å². The molecule has 1 saturated heterocycles. The van der Waals surface area contributed by atoms with Gasteiger partial charge in [-0.25, -0.2) is 0 Å². The van der Waals surface area contributed by atoms with Crippen molar-refractivity contribution in [2.75, 3.05) is 29.6 Å². The highest BCUT2D eigenvalue weighted by Gasteiger charge is 2.18. The summed E-state index contributed by atoms with van der Waals surface area (Å²) in [5.74, 6) is 1.76. The van der Waals surface area contributed by atoms with E-state index >= 15 is 0 Å². The van der Waals surface area contributed by atoms with Crippen LogP contribution in [0, 0.1) is 0 Å². The third-order valence-corrected chi connectivity index (χ3v) is 2.66. The third kappa shape index (κ3) is 1.47. The molecule has 12 heavy (non-hydrogen) atoms. The largest absolute Gasteiger partial charge is 0.539 e. The summed E-state index contributed by atoms with van der Waals surface area (Å²) in [7, 11) is 0. The third-order valence-electron chi connectivity index (χ3n) is 1.71. The highest BCUT2D eigenvalue weighted by Crippen LogP contribution is 2.05. The first kappa shape index (κ1) is 7.72. The van der Waals surface area contributed by atoms with Gasteiger partial charge in [0.1, 0.15) is 5.27 Å². The number of nitrogens with zero attached hydrogens (tertiary/aromatic N) is 3. The quantitative estimate of drug-likeness (QED) is 0.513. The second-order valence-corrected chi connectivity index (χ2v) is 3.73. The summed E-state index contributed by atoms with van der Waals surface area (Å²) in [6.45, 7) is 1.84. The topological polar surface area (TPSA) is 56.2 Å². The van der Waals surface area contributed by atoms with Crippen LogP contribution in [-0.4, -0.2) is 29.9 Å². The van der Waals surface area contributed by atoms with Crippen molar-refractivity contribution >= 4 is 11.8 Å². The minimum absolute atomic E-state index is 0.395. The molecular weight excluding hydrogens is 178 g/mol. The molecule has 0 bridgehead atoms. The highest BCUT2D eigenvalue weighted by atomic mass is 32.2. The molecule has 0 spiro atoms. The molecule has 0 aliphatic carbocycles. The van der Waals surface area contributed by atoms with Gasteiger partial charge >= 0.3 is 0 Å². The van der Waals surface area contributed by atoms with Crippen LogP contribution in [0.5, 0.6) is 5.95 Å². The van der Waals surface area contributed by atoms with E-state index in [4.69, 9.17) is 0 Å². The van der Waals surface area contributed by atoms with Crippen LogP contribution in [-0.2, 0) is 0 Å². The van der Waals surface area contributed by atoms with E-state index in [-0.39, 0.29) is 0 Å². The van der Waals surface area contributed by atoms with Gasteiger partial charge in [-0.2, -0.15) is 16.8 Å². The molecule has 1 aromatic rings. The molecule has 0 N–H and O–H groups in total. The summed E-state index contributed by atoms with van der Waals surface area (Å²) < 4.78 is 4.43. The second-order valence-electron chi connectivity index (χ2n) is 2.51. The van der Waals surface area contributed by atoms with E-state index in [0.717, 1.165) is 24.6 Å². The van der Waals surface area contributed by atoms with Crippen molar-refractivity contribution < 1.29 is 14.4 Å². The maximum absolute atomic E-state index is 10.7. The summed E-state index contributed by atoms with van der Waals surface area (Å²) in [6.07, 6.45) is 1.36. The van der Waals surface area contributed by atoms with Crippen molar-refractivity contribution in [2.24, 2.45) is 0 Å². The number of thioether (sulfide) groups is 1. The van der Waals surface area contributed by atoms with E-state index in [1.54, 1.807) is 0 Å². The molecule has 1 aliphatic heterocycles. The lowest BCUT2D eigenvalue weighted by Crippen LogP contribution is -2.61. The Labute approximate surface area is 73.9 Å². The lowest BCUT2D eigenvalue weighted by molar-refractivity contribution is -0.758. The Morgan fingerprint density at radius 2 is 2.33 bits per heavy atom. The first-order valence-electron chi connectivity index (χ1n) is 3.75. The molecule has 66 valence electrons. The Balaban J connectivity index is 2.08. The predicted octanol–water partition coefficient (Wildman–Crippen LogP) is -1.28. The lowest BCUT2D eigenvalue weighted by atomic mass is 10.6. The van der Waals surface area contributed by atoms with Crippen LogP contribution in [0.25, 0.3) is 0 Å². The number of hydrogen-bond donors (Lipinski definition) is 0. The number of hydrogen-bond acceptors (Lipinski definition) is 5. The van der Waals surface area contributed by atoms with Gasteiger partial charge in [0.2, 0.25) is 0 Å². The first-order valence-corrected chi connectivity index (χ1v) is 4.90. The average molecular weight is 187 g/mol. The van der Waals surface area contributed by atoms with Gasteiger partial charge in [0.15, 0.2) is 5.95 Å². The Bertz CT molecular complexity index is 259. The van der Waals surface area contributed by atoms with E-state index in [1.165, 1.54) is 11.0 Å². The highest BCUT2D eigenvalue weighted by molar-refractivity contribution is 7.99. The van der Waals surface area contributed by atoms with E-state index < -0.39 is 5.95 Å². The molecular formula is C6H9N3O2S. The molecule has 1 aromatic heterocycles. The van der Waals surface area contributed by atoms with Gasteiger partial charge < -0.3 is 9.63 Å². The molecule has 2 rings (SSSR count). The zero-order valence-electron chi connectivity index (χ0n) is 6.47. The van der Waals surface area contributed by atoms with Crippen LogP contribution >= 0.6 is 11.8 Å². The zero-order valence-corrected chi connectivity index (χ0v) is 7.29. The Morgan fingerprint density at radius 1 is 1.58 bits per heavy atom. The van der Waals surface area contributed by atoms with Gasteiger partial charge in [-0.15, -0.1) is 0 Å². The van der Waals surface area contributed by atoms with Gasteiger partial charge in [0, 0.05) is 16.3 Å². The number of aromatic nitrogens is 2.